The van der Waals surface area contributed by atoms with E-state index < -0.39 is 0 Å². The fraction of sp³-hybridized carbons (Fsp3) is 0.444. The van der Waals surface area contributed by atoms with Gasteiger partial charge in [0, 0.05) is 11.8 Å². The number of aryl methyl sites for hydroxylation is 1. The first-order valence-electron chi connectivity index (χ1n) is 4.82. The number of thiazole rings is 1. The van der Waals surface area contributed by atoms with E-state index in [9.17, 15) is 0 Å². The van der Waals surface area contributed by atoms with Crippen molar-refractivity contribution in [3.63, 3.8) is 0 Å². The number of aromatic nitrogens is 3. The number of rotatable bonds is 5. The van der Waals surface area contributed by atoms with E-state index in [0.29, 0.717) is 18.5 Å². The van der Waals surface area contributed by atoms with Gasteiger partial charge in [-0.3, -0.25) is 0 Å². The Morgan fingerprint density at radius 2 is 2.40 bits per heavy atom. The maximum absolute atomic E-state index is 5.36. The summed E-state index contributed by atoms with van der Waals surface area (Å²) in [4.78, 5) is 4.14. The molecule has 0 saturated heterocycles. The van der Waals surface area contributed by atoms with Crippen LogP contribution in [0.15, 0.2) is 15.3 Å². The van der Waals surface area contributed by atoms with Crippen LogP contribution in [-0.2, 0) is 13.0 Å². The molecule has 0 bridgehead atoms. The predicted octanol–water partition coefficient (Wildman–Crippen LogP) is 2.09. The van der Waals surface area contributed by atoms with Gasteiger partial charge in [-0.25, -0.2) is 4.98 Å². The lowest BCUT2D eigenvalue weighted by Crippen LogP contribution is -1.99. The van der Waals surface area contributed by atoms with Gasteiger partial charge in [-0.05, 0) is 6.42 Å². The van der Waals surface area contributed by atoms with E-state index in [-0.39, 0.29) is 0 Å². The summed E-state index contributed by atoms with van der Waals surface area (Å²) in [7, 11) is 0. The highest BCUT2D eigenvalue weighted by molar-refractivity contribution is 7.07. The summed E-state index contributed by atoms with van der Waals surface area (Å²) >= 11 is 1.57. The van der Waals surface area contributed by atoms with Crippen LogP contribution in [0.3, 0.4) is 0 Å². The third-order valence-corrected chi connectivity index (χ3v) is 2.47. The maximum Gasteiger partial charge on any atom is 0.315 e. The minimum absolute atomic E-state index is 0.464. The average molecular weight is 224 g/mol. The van der Waals surface area contributed by atoms with Gasteiger partial charge in [0.2, 0.25) is 5.89 Å². The summed E-state index contributed by atoms with van der Waals surface area (Å²) < 4.78 is 5.36. The Hall–Kier alpha value is -1.43. The standard InChI is InChI=1S/C9H12N4OS/c1-2-3-8-12-13-9(14-8)10-4-7-5-15-6-11-7/h5-6H,2-4H2,1H3,(H,10,13). The van der Waals surface area contributed by atoms with Gasteiger partial charge in [0.1, 0.15) is 0 Å². The van der Waals surface area contributed by atoms with Crippen LogP contribution in [0.2, 0.25) is 0 Å². The van der Waals surface area contributed by atoms with Crippen molar-refractivity contribution in [1.82, 2.24) is 15.2 Å². The Labute approximate surface area is 91.6 Å². The van der Waals surface area contributed by atoms with Crippen molar-refractivity contribution in [2.45, 2.75) is 26.3 Å². The molecular weight excluding hydrogens is 212 g/mol. The molecule has 0 fully saturated rings. The summed E-state index contributed by atoms with van der Waals surface area (Å²) in [6.45, 7) is 2.70. The van der Waals surface area contributed by atoms with Crippen molar-refractivity contribution in [1.29, 1.82) is 0 Å². The van der Waals surface area contributed by atoms with Crippen molar-refractivity contribution in [2.75, 3.05) is 5.32 Å². The lowest BCUT2D eigenvalue weighted by molar-refractivity contribution is 0.500. The average Bonchev–Trinajstić information content (AvgIpc) is 2.85. The zero-order chi connectivity index (χ0) is 10.5. The monoisotopic (exact) mass is 224 g/mol. The molecule has 2 rings (SSSR count). The number of hydrogen-bond donors (Lipinski definition) is 1. The van der Waals surface area contributed by atoms with E-state index in [1.807, 2.05) is 5.38 Å². The lowest BCUT2D eigenvalue weighted by Gasteiger charge is -1.96. The molecule has 2 aromatic heterocycles. The van der Waals surface area contributed by atoms with Gasteiger partial charge in [0.25, 0.3) is 0 Å². The summed E-state index contributed by atoms with van der Waals surface area (Å²) in [5.41, 5.74) is 2.78. The second-order valence-electron chi connectivity index (χ2n) is 3.08. The Morgan fingerprint density at radius 3 is 3.13 bits per heavy atom. The third kappa shape index (κ3) is 2.76. The summed E-state index contributed by atoms with van der Waals surface area (Å²) in [5.74, 6) is 0.679. The molecule has 2 aromatic rings. The minimum Gasteiger partial charge on any atom is -0.408 e. The van der Waals surface area contributed by atoms with Crippen molar-refractivity contribution in [3.8, 4) is 0 Å². The molecule has 0 aliphatic rings. The van der Waals surface area contributed by atoms with Crippen molar-refractivity contribution in [2.24, 2.45) is 0 Å². The quantitative estimate of drug-likeness (QED) is 0.842. The molecule has 0 atom stereocenters. The van der Waals surface area contributed by atoms with Crippen molar-refractivity contribution in [3.05, 3.63) is 22.5 Å². The highest BCUT2D eigenvalue weighted by Crippen LogP contribution is 2.09. The van der Waals surface area contributed by atoms with Crippen LogP contribution < -0.4 is 5.32 Å². The molecular formula is C9H12N4OS. The Morgan fingerprint density at radius 1 is 1.47 bits per heavy atom. The second-order valence-corrected chi connectivity index (χ2v) is 3.80. The molecule has 0 aliphatic carbocycles. The highest BCUT2D eigenvalue weighted by atomic mass is 32.1. The number of hydrogen-bond acceptors (Lipinski definition) is 6. The van der Waals surface area contributed by atoms with Gasteiger partial charge in [0.05, 0.1) is 17.7 Å². The SMILES string of the molecule is CCCc1nnc(NCc2cscn2)o1. The van der Waals surface area contributed by atoms with E-state index in [1.54, 1.807) is 16.8 Å². The first-order valence-corrected chi connectivity index (χ1v) is 5.76. The molecule has 0 aromatic carbocycles. The van der Waals surface area contributed by atoms with Gasteiger partial charge in [-0.1, -0.05) is 12.0 Å². The van der Waals surface area contributed by atoms with Crippen LogP contribution in [0.1, 0.15) is 24.9 Å². The van der Waals surface area contributed by atoms with Gasteiger partial charge >= 0.3 is 6.01 Å². The molecule has 0 saturated carbocycles. The van der Waals surface area contributed by atoms with Gasteiger partial charge in [-0.15, -0.1) is 16.4 Å². The molecule has 0 amide bonds. The minimum atomic E-state index is 0.464. The zero-order valence-electron chi connectivity index (χ0n) is 8.43. The molecule has 2 heterocycles. The summed E-state index contributed by atoms with van der Waals surface area (Å²) in [6.07, 6.45) is 1.83. The lowest BCUT2D eigenvalue weighted by atomic mass is 10.3. The molecule has 0 aliphatic heterocycles. The van der Waals surface area contributed by atoms with E-state index >= 15 is 0 Å². The van der Waals surface area contributed by atoms with Crippen LogP contribution >= 0.6 is 11.3 Å². The Balaban J connectivity index is 1.88. The highest BCUT2D eigenvalue weighted by Gasteiger charge is 2.04. The maximum atomic E-state index is 5.36. The molecule has 6 heteroatoms. The number of nitrogens with zero attached hydrogens (tertiary/aromatic N) is 3. The fourth-order valence-electron chi connectivity index (χ4n) is 1.13. The topological polar surface area (TPSA) is 63.8 Å². The molecule has 0 unspecified atom stereocenters. The van der Waals surface area contributed by atoms with Crippen LogP contribution in [0.4, 0.5) is 6.01 Å². The molecule has 1 N–H and O–H groups in total. The molecule has 0 spiro atoms. The van der Waals surface area contributed by atoms with E-state index in [2.05, 4.69) is 27.4 Å². The smallest absolute Gasteiger partial charge is 0.315 e. The summed E-state index contributed by atoms with van der Waals surface area (Å²) in [5, 5.41) is 12.8. The van der Waals surface area contributed by atoms with Crippen LogP contribution in [0, 0.1) is 0 Å². The number of anilines is 1. The first-order chi connectivity index (χ1) is 7.38. The van der Waals surface area contributed by atoms with Crippen molar-refractivity contribution >= 4 is 17.4 Å². The van der Waals surface area contributed by atoms with Gasteiger partial charge in [0.15, 0.2) is 0 Å². The summed E-state index contributed by atoms with van der Waals surface area (Å²) in [6, 6.07) is 0.464. The molecule has 15 heavy (non-hydrogen) atoms. The van der Waals surface area contributed by atoms with Crippen LogP contribution in [0.25, 0.3) is 0 Å². The van der Waals surface area contributed by atoms with Gasteiger partial charge < -0.3 is 9.73 Å². The van der Waals surface area contributed by atoms with Crippen LogP contribution in [0.5, 0.6) is 0 Å². The predicted molar refractivity (Wildman–Crippen MR) is 57.7 cm³/mol. The largest absolute Gasteiger partial charge is 0.408 e. The van der Waals surface area contributed by atoms with Crippen molar-refractivity contribution < 1.29 is 4.42 Å². The Kier molecular flexibility index (Phi) is 3.29. The van der Waals surface area contributed by atoms with E-state index in [1.165, 1.54) is 0 Å². The Bertz CT molecular complexity index is 398. The normalized spacial score (nSPS) is 10.5. The molecule has 80 valence electrons. The zero-order valence-corrected chi connectivity index (χ0v) is 9.25. The second kappa shape index (κ2) is 4.88. The molecule has 5 nitrogen and oxygen atoms in total. The fourth-order valence-corrected chi connectivity index (χ4v) is 1.69. The van der Waals surface area contributed by atoms with Gasteiger partial charge in [-0.2, -0.15) is 0 Å². The molecule has 0 radical (unpaired) electrons. The number of nitrogens with one attached hydrogen (secondary N) is 1. The van der Waals surface area contributed by atoms with E-state index in [4.69, 9.17) is 4.42 Å². The first kappa shape index (κ1) is 10.1. The van der Waals surface area contributed by atoms with E-state index in [0.717, 1.165) is 18.5 Å². The third-order valence-electron chi connectivity index (χ3n) is 1.83. The van der Waals surface area contributed by atoms with Crippen LogP contribution in [-0.4, -0.2) is 15.2 Å².